The lowest BCUT2D eigenvalue weighted by Gasteiger charge is -2.35. The van der Waals surface area contributed by atoms with Crippen LogP contribution in [0.4, 0.5) is 11.8 Å². The lowest BCUT2D eigenvalue weighted by atomic mass is 10.1. The molecule has 3 saturated heterocycles. The van der Waals surface area contributed by atoms with Crippen molar-refractivity contribution < 1.29 is 108 Å². The van der Waals surface area contributed by atoms with Gasteiger partial charge >= 0.3 is 5.65 Å². The van der Waals surface area contributed by atoms with Crippen LogP contribution in [0, 0.1) is 0 Å². The van der Waals surface area contributed by atoms with E-state index >= 15 is 0 Å². The third kappa shape index (κ3) is 10.7. The molecule has 3 aliphatic rings. The summed E-state index contributed by atoms with van der Waals surface area (Å²) in [6, 6.07) is 0. The fraction of sp³-hybridized carbons (Fsp3) is 0.531. The van der Waals surface area contributed by atoms with Crippen LogP contribution in [0.5, 0.6) is 0 Å². The van der Waals surface area contributed by atoms with Crippen molar-refractivity contribution >= 4 is 76.5 Å². The first-order chi connectivity index (χ1) is 34.4. The largest absolute Gasteiger partial charge is 0.756 e. The molecule has 0 amide bonds. The van der Waals surface area contributed by atoms with E-state index in [0.29, 0.717) is 5.52 Å². The summed E-state index contributed by atoms with van der Waals surface area (Å²) in [4.78, 5) is 94.3. The number of H-pyrrole nitrogens is 1. The first kappa shape index (κ1) is 53.1. The number of methoxy groups -OCH3 is 1. The third-order valence-corrected chi connectivity index (χ3v) is 16.4. The average Bonchev–Trinajstić information content (AvgIpc) is 4.17. The van der Waals surface area contributed by atoms with Crippen LogP contribution in [0.2, 0.25) is 0 Å². The van der Waals surface area contributed by atoms with E-state index in [2.05, 4.69) is 53.0 Å². The summed E-state index contributed by atoms with van der Waals surface area (Å²) in [5.74, 6) is -0.431. The van der Waals surface area contributed by atoms with Crippen LogP contribution in [0.25, 0.3) is 33.5 Å². The first-order valence-corrected chi connectivity index (χ1v) is 26.5. The number of nitrogens with two attached hydrogens (primary N) is 2. The number of rotatable bonds is 19. The fourth-order valence-corrected chi connectivity index (χ4v) is 12.4. The highest BCUT2D eigenvalue weighted by Gasteiger charge is 2.51. The molecular formula is C32H39N14O23P4-3. The van der Waals surface area contributed by atoms with Gasteiger partial charge in [-0.15, -0.1) is 0 Å². The van der Waals surface area contributed by atoms with Gasteiger partial charge in [0.25, 0.3) is 36.9 Å². The summed E-state index contributed by atoms with van der Waals surface area (Å²) < 4.78 is 107. The third-order valence-electron chi connectivity index (χ3n) is 11.3. The average molecular weight is 1110 g/mol. The number of fused-ring (bicyclic) bond motifs is 3. The molecule has 9 N–H and O–H groups in total. The zero-order valence-corrected chi connectivity index (χ0v) is 40.5. The van der Waals surface area contributed by atoms with Gasteiger partial charge in [-0.2, -0.15) is 4.98 Å². The quantitative estimate of drug-likeness (QED) is 0.0293. The predicted molar refractivity (Wildman–Crippen MR) is 223 cm³/mol. The summed E-state index contributed by atoms with van der Waals surface area (Å²) in [6.07, 6.45) is -13.2. The smallest absolute Gasteiger partial charge is 0.307 e. The molecule has 41 heteroatoms. The molecule has 9 heterocycles. The molecule has 0 bridgehead atoms. The Kier molecular flexibility index (Phi) is 14.6. The lowest BCUT2D eigenvalue weighted by Crippen LogP contribution is -2.45. The summed E-state index contributed by atoms with van der Waals surface area (Å²) in [5.41, 5.74) is 11.1. The van der Waals surface area contributed by atoms with Gasteiger partial charge in [-0.05, 0) is 0 Å². The van der Waals surface area contributed by atoms with Crippen molar-refractivity contribution in [3.05, 3.63) is 48.2 Å². The Bertz CT molecular complexity index is 3290. The topological polar surface area (TPSA) is 528 Å². The van der Waals surface area contributed by atoms with Crippen molar-refractivity contribution in [1.82, 2.24) is 53.6 Å². The molecule has 0 aromatic carbocycles. The highest BCUT2D eigenvalue weighted by molar-refractivity contribution is 7.65. The van der Waals surface area contributed by atoms with E-state index in [-0.39, 0.29) is 39.7 Å². The number of hydrogen-bond acceptors (Lipinski definition) is 32. The summed E-state index contributed by atoms with van der Waals surface area (Å²) in [7, 11) is -22.0. The van der Waals surface area contributed by atoms with E-state index in [1.165, 1.54) is 23.4 Å². The molecule has 0 aliphatic carbocycles. The van der Waals surface area contributed by atoms with Crippen LogP contribution in [0.15, 0.2) is 42.6 Å². The van der Waals surface area contributed by atoms with Gasteiger partial charge in [-0.3, -0.25) is 41.7 Å². The van der Waals surface area contributed by atoms with Gasteiger partial charge in [0, 0.05) is 7.11 Å². The van der Waals surface area contributed by atoms with Crippen molar-refractivity contribution in [2.24, 2.45) is 7.05 Å². The van der Waals surface area contributed by atoms with Crippen LogP contribution in [-0.4, -0.2) is 156 Å². The molecule has 73 heavy (non-hydrogen) atoms. The van der Waals surface area contributed by atoms with Crippen LogP contribution >= 0.6 is 31.3 Å². The number of aromatic nitrogens is 12. The van der Waals surface area contributed by atoms with Crippen LogP contribution in [0.1, 0.15) is 18.7 Å². The maximum Gasteiger partial charge on any atom is 0.307 e. The van der Waals surface area contributed by atoms with Gasteiger partial charge in [0.05, 0.1) is 45.7 Å². The van der Waals surface area contributed by atoms with Gasteiger partial charge in [0.1, 0.15) is 66.8 Å². The second-order valence-corrected chi connectivity index (χ2v) is 21.9. The number of aliphatic hydroxyl groups excluding tert-OH is 4. The molecule has 3 fully saturated rings. The number of phosphoric acid groups is 4. The molecule has 398 valence electrons. The summed E-state index contributed by atoms with van der Waals surface area (Å²) in [5, 5.41) is 43.0. The second kappa shape index (κ2) is 20.1. The fourth-order valence-electron chi connectivity index (χ4n) is 8.06. The summed E-state index contributed by atoms with van der Waals surface area (Å²) >= 11 is 0. The molecule has 0 spiro atoms. The number of aromatic amines is 1. The van der Waals surface area contributed by atoms with Crippen molar-refractivity contribution in [2.75, 3.05) is 38.4 Å². The van der Waals surface area contributed by atoms with E-state index < -0.39 is 130 Å². The maximum atomic E-state index is 13.5. The molecule has 6 aromatic heterocycles. The van der Waals surface area contributed by atoms with E-state index in [4.69, 9.17) is 44.0 Å². The van der Waals surface area contributed by atoms with E-state index in [9.17, 15) is 63.1 Å². The summed E-state index contributed by atoms with van der Waals surface area (Å²) in [6.45, 7) is -3.61. The minimum absolute atomic E-state index is 0.0220. The van der Waals surface area contributed by atoms with Gasteiger partial charge < -0.3 is 88.5 Å². The molecule has 0 saturated carbocycles. The Hall–Kier alpha value is -4.75. The highest BCUT2D eigenvalue weighted by atomic mass is 31.3. The van der Waals surface area contributed by atoms with E-state index in [0.717, 1.165) is 35.2 Å². The van der Waals surface area contributed by atoms with Gasteiger partial charge in [0.2, 0.25) is 12.2 Å². The van der Waals surface area contributed by atoms with E-state index in [1.807, 2.05) is 0 Å². The molecule has 0 radical (unpaired) electrons. The number of ether oxygens (including phenoxy) is 4. The molecule has 16 unspecified atom stereocenters. The predicted octanol–water partition coefficient (Wildman–Crippen LogP) is -6.11. The zero-order chi connectivity index (χ0) is 52.5. The molecule has 3 aliphatic heterocycles. The van der Waals surface area contributed by atoms with E-state index in [1.54, 1.807) is 11.6 Å². The minimum atomic E-state index is -6.54. The highest BCUT2D eigenvalue weighted by Crippen LogP contribution is 2.63. The standard InChI is InChI=1S/C32H42N14O23P4/c1-43-11-46(25-12(43)3-35-7-37-25)30-21(50)19(48)14(65-30)5-62-71(54,55)68-73(58,59)69-72(56,57)63-6-15-22(23(60-2)31(66-15)44-9-39-16-24(33)36-8-38-26(16)44)67-70(52,53)61-4-13-18(47)20(49)29(64-13)45-10-40-17-27(45)41-32(34)42-28(17)51/h3,7-11,13-15,18-23,29-31,47-50H,4-6H2,1-2H3,(H8-,33,34,36,38,41,42,51,52,53,54,55,56,57,58,59)/p-3. The Morgan fingerprint density at radius 1 is 0.726 bits per heavy atom. The number of phosphoric ester groups is 3. The van der Waals surface area contributed by atoms with Gasteiger partial charge in [0.15, 0.2) is 53.3 Å². The Balaban J connectivity index is 0.861. The first-order valence-electron chi connectivity index (χ1n) is 20.7. The van der Waals surface area contributed by atoms with Crippen molar-refractivity contribution in [2.45, 2.75) is 73.6 Å². The normalized spacial score (nSPS) is 31.0. The van der Waals surface area contributed by atoms with Gasteiger partial charge in [-0.25, -0.2) is 38.1 Å². The molecule has 6 aromatic rings. The molecular weight excluding hydrogens is 1070 g/mol. The van der Waals surface area contributed by atoms with Crippen LogP contribution in [0.3, 0.4) is 0 Å². The number of nitrogens with one attached hydrogen (secondary N) is 1. The number of aliphatic hydroxyl groups is 4. The number of nitrogen functional groups attached to an aromatic ring is 2. The van der Waals surface area contributed by atoms with Crippen LogP contribution < -0.4 is 41.2 Å². The molecule has 16 atom stereocenters. The molecule has 9 rings (SSSR count). The zero-order valence-electron chi connectivity index (χ0n) is 36.9. The second-order valence-electron chi connectivity index (χ2n) is 16.0. The Labute approximate surface area is 405 Å². The SMILES string of the molecule is COC1C(OP(=O)([O-])OCC2OC(n3cnc4c(=O)[nH]c(N)nc43)C(O)C2O)C(COP(=O)([O-])OP(=O)([O-])OP(=O)([O-])OCC2OC([n+]3cn(C)c4cncnc43)C(O)C2O)OC1n1cnc2c(N)ncnc21. The van der Waals surface area contributed by atoms with Crippen molar-refractivity contribution in [3.8, 4) is 0 Å². The number of hydrogen-bond donors (Lipinski definition) is 7. The van der Waals surface area contributed by atoms with Crippen LogP contribution in [-0.2, 0) is 71.0 Å². The number of nitrogens with zero attached hydrogens (tertiary/aromatic N) is 11. The molecule has 37 nitrogen and oxygen atoms in total. The van der Waals surface area contributed by atoms with Crippen molar-refractivity contribution in [3.63, 3.8) is 0 Å². The number of aryl methyl sites for hydroxylation is 1. The monoisotopic (exact) mass is 1110 g/mol. The number of anilines is 2. The van der Waals surface area contributed by atoms with Crippen molar-refractivity contribution in [1.29, 1.82) is 0 Å². The maximum absolute atomic E-state index is 13.5. The Morgan fingerprint density at radius 2 is 1.33 bits per heavy atom. The lowest BCUT2D eigenvalue weighted by molar-refractivity contribution is -0.745. The number of imidazole rings is 3. The Morgan fingerprint density at radius 3 is 2.01 bits per heavy atom. The minimum Gasteiger partial charge on any atom is -0.756 e. The van der Waals surface area contributed by atoms with Gasteiger partial charge in [-0.1, -0.05) is 4.98 Å².